The number of aliphatic imine (C=N–C) groups is 1. The van der Waals surface area contributed by atoms with Gasteiger partial charge in [-0.2, -0.15) is 0 Å². The minimum absolute atomic E-state index is 0.115. The molecule has 0 radical (unpaired) electrons. The highest BCUT2D eigenvalue weighted by Gasteiger charge is 2.17. The number of nitrogens with zero attached hydrogens (tertiary/aromatic N) is 2. The van der Waals surface area contributed by atoms with Crippen LogP contribution in [0.3, 0.4) is 0 Å². The third-order valence-electron chi connectivity index (χ3n) is 4.08. The van der Waals surface area contributed by atoms with Gasteiger partial charge in [0.05, 0.1) is 24.7 Å². The quantitative estimate of drug-likeness (QED) is 0.581. The monoisotopic (exact) mass is 412 g/mol. The fourth-order valence-electron chi connectivity index (χ4n) is 2.73. The van der Waals surface area contributed by atoms with Crippen molar-refractivity contribution in [2.75, 3.05) is 42.7 Å². The number of thioether (sulfide) groups is 1. The summed E-state index contributed by atoms with van der Waals surface area (Å²) in [5.74, 6) is -0.000881. The Labute approximate surface area is 174 Å². The molecule has 0 atom stereocenters. The lowest BCUT2D eigenvalue weighted by Gasteiger charge is -2.29. The molecule has 0 saturated carbocycles. The molecule has 29 heavy (non-hydrogen) atoms. The molecule has 8 heteroatoms. The van der Waals surface area contributed by atoms with Gasteiger partial charge in [-0.1, -0.05) is 30.0 Å². The molecular weight excluding hydrogens is 388 g/mol. The maximum Gasteiger partial charge on any atom is 0.234 e. The van der Waals surface area contributed by atoms with Crippen LogP contribution >= 0.6 is 11.8 Å². The summed E-state index contributed by atoms with van der Waals surface area (Å²) in [5.41, 5.74) is 2.22. The second-order valence-electron chi connectivity index (χ2n) is 6.42. The number of para-hydroxylation sites is 1. The minimum atomic E-state index is -0.133. The highest BCUT2D eigenvalue weighted by Crippen LogP contribution is 2.19. The van der Waals surface area contributed by atoms with Crippen LogP contribution in [0.4, 0.5) is 17.1 Å². The summed E-state index contributed by atoms with van der Waals surface area (Å²) in [4.78, 5) is 30.4. The summed E-state index contributed by atoms with van der Waals surface area (Å²) in [7, 11) is 0. The maximum absolute atomic E-state index is 12.4. The van der Waals surface area contributed by atoms with Crippen molar-refractivity contribution >= 4 is 45.8 Å². The summed E-state index contributed by atoms with van der Waals surface area (Å²) in [6.45, 7) is 4.27. The first-order chi connectivity index (χ1) is 14.1. The van der Waals surface area contributed by atoms with E-state index in [9.17, 15) is 9.59 Å². The Morgan fingerprint density at radius 2 is 1.62 bits per heavy atom. The first kappa shape index (κ1) is 20.9. The van der Waals surface area contributed by atoms with E-state index in [1.807, 2.05) is 30.3 Å². The summed E-state index contributed by atoms with van der Waals surface area (Å²) in [6, 6.07) is 16.7. The van der Waals surface area contributed by atoms with Crippen LogP contribution in [-0.2, 0) is 14.3 Å². The van der Waals surface area contributed by atoms with Gasteiger partial charge < -0.3 is 20.3 Å². The smallest absolute Gasteiger partial charge is 0.234 e. The van der Waals surface area contributed by atoms with Crippen molar-refractivity contribution in [1.29, 1.82) is 0 Å². The number of hydrogen-bond donors (Lipinski definition) is 2. The average molecular weight is 413 g/mol. The lowest BCUT2D eigenvalue weighted by Crippen LogP contribution is -2.39. The number of morpholine rings is 1. The molecule has 0 unspecified atom stereocenters. The van der Waals surface area contributed by atoms with Gasteiger partial charge in [-0.15, -0.1) is 0 Å². The summed E-state index contributed by atoms with van der Waals surface area (Å²) < 4.78 is 5.43. The van der Waals surface area contributed by atoms with Crippen molar-refractivity contribution in [3.8, 4) is 0 Å². The lowest BCUT2D eigenvalue weighted by molar-refractivity contribution is -0.114. The van der Waals surface area contributed by atoms with Crippen LogP contribution in [0.2, 0.25) is 0 Å². The van der Waals surface area contributed by atoms with Crippen molar-refractivity contribution < 1.29 is 14.3 Å². The van der Waals surface area contributed by atoms with Crippen LogP contribution in [0.1, 0.15) is 6.92 Å². The van der Waals surface area contributed by atoms with Crippen LogP contribution < -0.4 is 10.6 Å². The fourth-order valence-corrected chi connectivity index (χ4v) is 3.60. The van der Waals surface area contributed by atoms with Gasteiger partial charge in [0.15, 0.2) is 5.17 Å². The Bertz CT molecular complexity index is 850. The Balaban J connectivity index is 1.60. The second-order valence-corrected chi connectivity index (χ2v) is 7.37. The van der Waals surface area contributed by atoms with Gasteiger partial charge in [-0.05, 0) is 36.4 Å². The average Bonchev–Trinajstić information content (AvgIpc) is 2.73. The predicted octanol–water partition coefficient (Wildman–Crippen LogP) is 3.34. The third kappa shape index (κ3) is 6.92. The summed E-state index contributed by atoms with van der Waals surface area (Å²) in [6.07, 6.45) is 0. The molecule has 0 spiro atoms. The van der Waals surface area contributed by atoms with Gasteiger partial charge in [0, 0.05) is 31.4 Å². The van der Waals surface area contributed by atoms with E-state index in [4.69, 9.17) is 9.73 Å². The number of rotatable bonds is 5. The van der Waals surface area contributed by atoms with Crippen LogP contribution in [-0.4, -0.2) is 53.9 Å². The van der Waals surface area contributed by atoms with Crippen LogP contribution in [0.25, 0.3) is 0 Å². The highest BCUT2D eigenvalue weighted by atomic mass is 32.2. The first-order valence-electron chi connectivity index (χ1n) is 9.37. The Morgan fingerprint density at radius 1 is 1.00 bits per heavy atom. The van der Waals surface area contributed by atoms with Crippen LogP contribution in [0.15, 0.2) is 59.6 Å². The molecule has 1 heterocycles. The number of amides is 2. The van der Waals surface area contributed by atoms with Crippen molar-refractivity contribution in [3.63, 3.8) is 0 Å². The lowest BCUT2D eigenvalue weighted by atomic mass is 10.3. The summed E-state index contributed by atoms with van der Waals surface area (Å²) in [5, 5.41) is 6.39. The largest absolute Gasteiger partial charge is 0.378 e. The number of anilines is 2. The molecule has 3 rings (SSSR count). The molecule has 1 saturated heterocycles. The number of benzene rings is 2. The molecule has 152 valence electrons. The second kappa shape index (κ2) is 10.6. The van der Waals surface area contributed by atoms with E-state index in [-0.39, 0.29) is 17.6 Å². The molecule has 7 nitrogen and oxygen atoms in total. The van der Waals surface area contributed by atoms with Gasteiger partial charge in [0.2, 0.25) is 11.8 Å². The molecule has 2 amide bonds. The van der Waals surface area contributed by atoms with E-state index in [0.29, 0.717) is 24.6 Å². The van der Waals surface area contributed by atoms with Crippen molar-refractivity contribution in [1.82, 2.24) is 4.90 Å². The fraction of sp³-hybridized carbons (Fsp3) is 0.286. The number of carbonyl (C=O) groups is 2. The van der Waals surface area contributed by atoms with E-state index in [1.54, 1.807) is 24.3 Å². The van der Waals surface area contributed by atoms with Crippen molar-refractivity contribution in [2.45, 2.75) is 6.92 Å². The molecule has 1 aliphatic heterocycles. The molecule has 2 N–H and O–H groups in total. The molecule has 2 aromatic rings. The zero-order valence-electron chi connectivity index (χ0n) is 16.3. The number of nitrogens with one attached hydrogen (secondary N) is 2. The van der Waals surface area contributed by atoms with E-state index in [2.05, 4.69) is 15.5 Å². The molecule has 0 aromatic heterocycles. The minimum Gasteiger partial charge on any atom is -0.378 e. The first-order valence-corrected chi connectivity index (χ1v) is 10.4. The predicted molar refractivity (Wildman–Crippen MR) is 118 cm³/mol. The molecule has 0 aliphatic carbocycles. The van der Waals surface area contributed by atoms with Gasteiger partial charge in [-0.25, -0.2) is 4.99 Å². The SMILES string of the molecule is CC(=O)Nc1ccc(NC(=O)CSC(=Nc2ccccc2)N2CCOCC2)cc1. The van der Waals surface area contributed by atoms with Crippen LogP contribution in [0.5, 0.6) is 0 Å². The van der Waals surface area contributed by atoms with E-state index >= 15 is 0 Å². The Hall–Kier alpha value is -2.84. The van der Waals surface area contributed by atoms with Gasteiger partial charge in [0.1, 0.15) is 0 Å². The Kier molecular flexibility index (Phi) is 7.66. The Morgan fingerprint density at radius 3 is 2.24 bits per heavy atom. The van der Waals surface area contributed by atoms with Gasteiger partial charge >= 0.3 is 0 Å². The zero-order chi connectivity index (χ0) is 20.5. The molecular formula is C21H24N4O3S. The van der Waals surface area contributed by atoms with E-state index in [1.165, 1.54) is 18.7 Å². The number of hydrogen-bond acceptors (Lipinski definition) is 5. The molecule has 1 aliphatic rings. The van der Waals surface area contributed by atoms with E-state index < -0.39 is 0 Å². The van der Waals surface area contributed by atoms with Crippen LogP contribution in [0, 0.1) is 0 Å². The van der Waals surface area contributed by atoms with Gasteiger partial charge in [-0.3, -0.25) is 9.59 Å². The highest BCUT2D eigenvalue weighted by molar-refractivity contribution is 8.14. The normalized spacial score (nSPS) is 14.4. The third-order valence-corrected chi connectivity index (χ3v) is 5.10. The van der Waals surface area contributed by atoms with E-state index in [0.717, 1.165) is 23.9 Å². The number of amidine groups is 1. The number of carbonyl (C=O) groups excluding carboxylic acids is 2. The molecule has 0 bridgehead atoms. The topological polar surface area (TPSA) is 83.0 Å². The van der Waals surface area contributed by atoms with Crippen molar-refractivity contribution in [3.05, 3.63) is 54.6 Å². The maximum atomic E-state index is 12.4. The number of ether oxygens (including phenoxy) is 1. The standard InChI is InChI=1S/C21H24N4O3S/c1-16(26)22-18-7-9-19(10-8-18)23-20(27)15-29-21(25-11-13-28-14-12-25)24-17-5-3-2-4-6-17/h2-10H,11-15H2,1H3,(H,22,26)(H,23,27). The zero-order valence-corrected chi connectivity index (χ0v) is 17.1. The van der Waals surface area contributed by atoms with Crippen molar-refractivity contribution in [2.24, 2.45) is 4.99 Å². The molecule has 1 fully saturated rings. The molecule has 2 aromatic carbocycles. The summed E-state index contributed by atoms with van der Waals surface area (Å²) >= 11 is 1.41. The van der Waals surface area contributed by atoms with Gasteiger partial charge in [0.25, 0.3) is 0 Å².